The predicted molar refractivity (Wildman–Crippen MR) is 94.5 cm³/mol. The van der Waals surface area contributed by atoms with E-state index in [1.165, 1.54) is 17.8 Å². The van der Waals surface area contributed by atoms with Gasteiger partial charge in [0.05, 0.1) is 0 Å². The van der Waals surface area contributed by atoms with Crippen molar-refractivity contribution in [3.63, 3.8) is 0 Å². The van der Waals surface area contributed by atoms with Crippen molar-refractivity contribution in [3.8, 4) is 5.88 Å². The van der Waals surface area contributed by atoms with E-state index in [1.807, 2.05) is 30.3 Å². The van der Waals surface area contributed by atoms with Gasteiger partial charge in [0.1, 0.15) is 6.61 Å². The number of hydrogen-bond donors (Lipinski definition) is 1. The molecule has 25 heavy (non-hydrogen) atoms. The van der Waals surface area contributed by atoms with Crippen LogP contribution in [0.25, 0.3) is 0 Å². The molecule has 1 aromatic carbocycles. The maximum atomic E-state index is 12.8. The second-order valence-electron chi connectivity index (χ2n) is 5.80. The molecule has 0 amide bonds. The molecule has 128 valence electrons. The van der Waals surface area contributed by atoms with Crippen LogP contribution in [0.3, 0.4) is 0 Å². The summed E-state index contributed by atoms with van der Waals surface area (Å²) >= 11 is 0. The first-order chi connectivity index (χ1) is 12.2. The molecule has 3 aromatic rings. The molecule has 5 heteroatoms. The highest BCUT2D eigenvalue weighted by Crippen LogP contribution is 2.14. The molecule has 1 N–H and O–H groups in total. The van der Waals surface area contributed by atoms with Gasteiger partial charge in [0.25, 0.3) is 0 Å². The van der Waals surface area contributed by atoms with Crippen molar-refractivity contribution in [2.75, 3.05) is 0 Å². The Balaban J connectivity index is 1.49. The van der Waals surface area contributed by atoms with E-state index in [0.29, 0.717) is 12.5 Å². The molecule has 0 spiro atoms. The van der Waals surface area contributed by atoms with E-state index in [-0.39, 0.29) is 6.04 Å². The number of hydrogen-bond acceptors (Lipinski definition) is 4. The van der Waals surface area contributed by atoms with Gasteiger partial charge in [0, 0.05) is 36.6 Å². The van der Waals surface area contributed by atoms with Crippen LogP contribution in [-0.4, -0.2) is 9.97 Å². The van der Waals surface area contributed by atoms with E-state index in [4.69, 9.17) is 4.74 Å². The molecule has 0 aliphatic heterocycles. The molecular weight excluding hydrogens is 317 g/mol. The zero-order valence-corrected chi connectivity index (χ0v) is 14.0. The van der Waals surface area contributed by atoms with Crippen LogP contribution in [0.5, 0.6) is 5.88 Å². The van der Waals surface area contributed by atoms with Gasteiger partial charge >= 0.3 is 0 Å². The lowest BCUT2D eigenvalue weighted by Crippen LogP contribution is -2.18. The van der Waals surface area contributed by atoms with Crippen LogP contribution < -0.4 is 10.1 Å². The van der Waals surface area contributed by atoms with Crippen LogP contribution in [0.4, 0.5) is 4.39 Å². The quantitative estimate of drug-likeness (QED) is 0.661. The normalized spacial score (nSPS) is 11.9. The highest BCUT2D eigenvalue weighted by molar-refractivity contribution is 5.21. The summed E-state index contributed by atoms with van der Waals surface area (Å²) in [5, 5.41) is 3.47. The highest BCUT2D eigenvalue weighted by Gasteiger charge is 2.05. The van der Waals surface area contributed by atoms with E-state index >= 15 is 0 Å². The van der Waals surface area contributed by atoms with Gasteiger partial charge in [-0.1, -0.05) is 36.4 Å². The van der Waals surface area contributed by atoms with E-state index in [0.717, 1.165) is 17.7 Å². The van der Waals surface area contributed by atoms with Gasteiger partial charge < -0.3 is 10.1 Å². The van der Waals surface area contributed by atoms with Gasteiger partial charge in [-0.2, -0.15) is 4.39 Å². The minimum Gasteiger partial charge on any atom is -0.473 e. The molecule has 0 saturated heterocycles. The standard InChI is InChI=1S/C20H20FN3O/c1-15(18-5-3-2-4-6-18)22-11-16-8-10-20(24-12-16)25-14-17-7-9-19(21)23-13-17/h2-10,12-13,15,22H,11,14H2,1H3. The molecule has 2 heterocycles. The third-order valence-electron chi connectivity index (χ3n) is 3.88. The molecule has 0 radical (unpaired) electrons. The van der Waals surface area contributed by atoms with Crippen LogP contribution in [0, 0.1) is 5.95 Å². The minimum atomic E-state index is -0.497. The Hall–Kier alpha value is -2.79. The Morgan fingerprint density at radius 2 is 1.72 bits per heavy atom. The fourth-order valence-electron chi connectivity index (χ4n) is 2.38. The minimum absolute atomic E-state index is 0.267. The van der Waals surface area contributed by atoms with Crippen LogP contribution in [0.1, 0.15) is 29.7 Å². The number of nitrogens with one attached hydrogen (secondary N) is 1. The van der Waals surface area contributed by atoms with Crippen molar-refractivity contribution >= 4 is 0 Å². The SMILES string of the molecule is CC(NCc1ccc(OCc2ccc(F)nc2)nc1)c1ccccc1. The van der Waals surface area contributed by atoms with Crippen LogP contribution in [0.15, 0.2) is 67.0 Å². The lowest BCUT2D eigenvalue weighted by atomic mass is 10.1. The number of ether oxygens (including phenoxy) is 1. The number of aromatic nitrogens is 2. The largest absolute Gasteiger partial charge is 0.473 e. The number of benzene rings is 1. The molecule has 1 unspecified atom stereocenters. The summed E-state index contributed by atoms with van der Waals surface area (Å²) in [6.45, 7) is 3.17. The average Bonchev–Trinajstić information content (AvgIpc) is 2.67. The van der Waals surface area contributed by atoms with Crippen LogP contribution >= 0.6 is 0 Å². The van der Waals surface area contributed by atoms with Crippen molar-refractivity contribution < 1.29 is 9.13 Å². The fourth-order valence-corrected chi connectivity index (χ4v) is 2.38. The second kappa shape index (κ2) is 8.35. The Labute approximate surface area is 146 Å². The lowest BCUT2D eigenvalue weighted by molar-refractivity contribution is 0.293. The molecule has 2 aromatic heterocycles. The van der Waals surface area contributed by atoms with Crippen molar-refractivity contribution in [3.05, 3.63) is 89.6 Å². The van der Waals surface area contributed by atoms with E-state index < -0.39 is 5.95 Å². The molecule has 1 atom stereocenters. The van der Waals surface area contributed by atoms with Crippen molar-refractivity contribution in [2.45, 2.75) is 26.1 Å². The molecule has 3 rings (SSSR count). The third kappa shape index (κ3) is 5.09. The molecule has 4 nitrogen and oxygen atoms in total. The van der Waals surface area contributed by atoms with Gasteiger partial charge in [-0.05, 0) is 30.2 Å². The van der Waals surface area contributed by atoms with Gasteiger partial charge in [0.2, 0.25) is 11.8 Å². The van der Waals surface area contributed by atoms with E-state index in [9.17, 15) is 4.39 Å². The van der Waals surface area contributed by atoms with Gasteiger partial charge in [-0.25, -0.2) is 9.97 Å². The number of rotatable bonds is 7. The zero-order valence-electron chi connectivity index (χ0n) is 14.0. The first kappa shape index (κ1) is 17.0. The Morgan fingerprint density at radius 1 is 0.960 bits per heavy atom. The molecule has 0 fully saturated rings. The van der Waals surface area contributed by atoms with Crippen LogP contribution in [0.2, 0.25) is 0 Å². The van der Waals surface area contributed by atoms with E-state index in [1.54, 1.807) is 12.3 Å². The number of nitrogens with zero attached hydrogens (tertiary/aromatic N) is 2. The van der Waals surface area contributed by atoms with Crippen molar-refractivity contribution in [1.29, 1.82) is 0 Å². The predicted octanol–water partition coefficient (Wildman–Crippen LogP) is 4.05. The zero-order chi connectivity index (χ0) is 17.5. The van der Waals surface area contributed by atoms with E-state index in [2.05, 4.69) is 34.3 Å². The summed E-state index contributed by atoms with van der Waals surface area (Å²) in [6.07, 6.45) is 3.25. The summed E-state index contributed by atoms with van der Waals surface area (Å²) in [5.41, 5.74) is 3.13. The third-order valence-corrected chi connectivity index (χ3v) is 3.88. The number of halogens is 1. The number of pyridine rings is 2. The topological polar surface area (TPSA) is 47.0 Å². The summed E-state index contributed by atoms with van der Waals surface area (Å²) < 4.78 is 18.3. The summed E-state index contributed by atoms with van der Waals surface area (Å²) in [4.78, 5) is 7.90. The maximum Gasteiger partial charge on any atom is 0.213 e. The molecule has 0 aliphatic carbocycles. The second-order valence-corrected chi connectivity index (χ2v) is 5.80. The lowest BCUT2D eigenvalue weighted by Gasteiger charge is -2.14. The fraction of sp³-hybridized carbons (Fsp3) is 0.200. The Bertz CT molecular complexity index is 776. The monoisotopic (exact) mass is 337 g/mol. The summed E-state index contributed by atoms with van der Waals surface area (Å²) in [5.74, 6) is 0.0349. The molecular formula is C20H20FN3O. The molecule has 0 aliphatic rings. The van der Waals surface area contributed by atoms with Crippen molar-refractivity contribution in [1.82, 2.24) is 15.3 Å². The first-order valence-electron chi connectivity index (χ1n) is 8.17. The first-order valence-corrected chi connectivity index (χ1v) is 8.17. The van der Waals surface area contributed by atoms with Gasteiger partial charge in [-0.15, -0.1) is 0 Å². The van der Waals surface area contributed by atoms with Crippen LogP contribution in [-0.2, 0) is 13.2 Å². The molecule has 0 bridgehead atoms. The Morgan fingerprint density at radius 3 is 2.40 bits per heavy atom. The Kier molecular flexibility index (Phi) is 5.69. The summed E-state index contributed by atoms with van der Waals surface area (Å²) in [6, 6.07) is 17.4. The smallest absolute Gasteiger partial charge is 0.213 e. The van der Waals surface area contributed by atoms with Crippen molar-refractivity contribution in [2.24, 2.45) is 0 Å². The highest BCUT2D eigenvalue weighted by atomic mass is 19.1. The summed E-state index contributed by atoms with van der Waals surface area (Å²) in [7, 11) is 0. The van der Waals surface area contributed by atoms with Gasteiger partial charge in [-0.3, -0.25) is 0 Å². The van der Waals surface area contributed by atoms with Gasteiger partial charge in [0.15, 0.2) is 0 Å². The average molecular weight is 337 g/mol. The maximum absolute atomic E-state index is 12.8. The molecule has 0 saturated carbocycles.